The topological polar surface area (TPSA) is 67.9 Å². The highest BCUT2D eigenvalue weighted by molar-refractivity contribution is 6.07. The zero-order chi connectivity index (χ0) is 19.1. The van der Waals surface area contributed by atoms with Gasteiger partial charge in [-0.15, -0.1) is 0 Å². The van der Waals surface area contributed by atoms with Crippen molar-refractivity contribution in [1.29, 1.82) is 0 Å². The van der Waals surface area contributed by atoms with Crippen LogP contribution in [0.4, 0.5) is 5.69 Å². The minimum Gasteiger partial charge on any atom is -0.478 e. The van der Waals surface area contributed by atoms with Gasteiger partial charge in [-0.25, -0.2) is 0 Å². The minimum absolute atomic E-state index is 0.0858. The number of anilines is 1. The number of carbonyl (C=O) groups excluding carboxylic acids is 1. The molecule has 3 rings (SSSR count). The third kappa shape index (κ3) is 4.90. The van der Waals surface area contributed by atoms with Crippen molar-refractivity contribution < 1.29 is 9.53 Å². The molecule has 1 aromatic carbocycles. The molecular formula is C22H31N3O2. The maximum Gasteiger partial charge on any atom is 0.212 e. The molecular weight excluding hydrogens is 338 g/mol. The summed E-state index contributed by atoms with van der Waals surface area (Å²) in [5, 5.41) is 6.26. The van der Waals surface area contributed by atoms with Crippen molar-refractivity contribution in [3.05, 3.63) is 42.3 Å². The number of rotatable bonds is 7. The van der Waals surface area contributed by atoms with E-state index in [9.17, 15) is 4.79 Å². The molecule has 1 unspecified atom stereocenters. The van der Waals surface area contributed by atoms with Crippen molar-refractivity contribution in [2.45, 2.75) is 58.3 Å². The van der Waals surface area contributed by atoms with Crippen LogP contribution in [0.3, 0.4) is 0 Å². The molecule has 1 fully saturated rings. The van der Waals surface area contributed by atoms with E-state index in [0.717, 1.165) is 44.2 Å². The van der Waals surface area contributed by atoms with Crippen LogP contribution in [0.15, 0.2) is 47.4 Å². The summed E-state index contributed by atoms with van der Waals surface area (Å²) in [7, 11) is 0. The van der Waals surface area contributed by atoms with Crippen LogP contribution >= 0.6 is 0 Å². The van der Waals surface area contributed by atoms with Gasteiger partial charge in [0, 0.05) is 5.92 Å². The van der Waals surface area contributed by atoms with Crippen LogP contribution in [0.2, 0.25) is 0 Å². The largest absolute Gasteiger partial charge is 0.478 e. The number of amidine groups is 1. The van der Waals surface area contributed by atoms with Crippen molar-refractivity contribution in [3.63, 3.8) is 0 Å². The second kappa shape index (κ2) is 9.58. The van der Waals surface area contributed by atoms with Crippen LogP contribution in [0, 0.1) is 11.8 Å². The molecule has 146 valence electrons. The van der Waals surface area contributed by atoms with Gasteiger partial charge >= 0.3 is 0 Å². The number of ether oxygens (including phenoxy) is 1. The first-order valence-corrected chi connectivity index (χ1v) is 10.3. The molecule has 0 amide bonds. The lowest BCUT2D eigenvalue weighted by Gasteiger charge is -2.30. The van der Waals surface area contributed by atoms with Gasteiger partial charge in [0.15, 0.2) is 5.78 Å². The molecule has 2 aliphatic rings. The Kier molecular flexibility index (Phi) is 6.91. The zero-order valence-electron chi connectivity index (χ0n) is 16.3. The normalized spacial score (nSPS) is 21.2. The van der Waals surface area contributed by atoms with Crippen molar-refractivity contribution in [2.24, 2.45) is 22.7 Å². The van der Waals surface area contributed by atoms with E-state index in [4.69, 9.17) is 10.5 Å². The maximum atomic E-state index is 13.2. The second-order valence-electron chi connectivity index (χ2n) is 7.45. The number of carbonyl (C=O) groups is 1. The van der Waals surface area contributed by atoms with E-state index in [1.54, 1.807) is 5.01 Å². The van der Waals surface area contributed by atoms with E-state index in [2.05, 4.69) is 12.0 Å². The number of nitrogens with two attached hydrogens (primary N) is 1. The molecule has 0 saturated heterocycles. The summed E-state index contributed by atoms with van der Waals surface area (Å²) in [6.07, 6.45) is 10.5. The summed E-state index contributed by atoms with van der Waals surface area (Å²) in [6, 6.07) is 9.78. The van der Waals surface area contributed by atoms with Gasteiger partial charge in [-0.2, -0.15) is 10.1 Å². The van der Waals surface area contributed by atoms with Crippen LogP contribution in [-0.4, -0.2) is 18.2 Å². The van der Waals surface area contributed by atoms with Gasteiger partial charge in [-0.1, -0.05) is 57.2 Å². The third-order valence-electron chi connectivity index (χ3n) is 5.36. The number of benzene rings is 1. The van der Waals surface area contributed by atoms with Crippen molar-refractivity contribution in [3.8, 4) is 0 Å². The fourth-order valence-corrected chi connectivity index (χ4v) is 3.76. The Balaban J connectivity index is 1.83. The van der Waals surface area contributed by atoms with Gasteiger partial charge in [0.05, 0.1) is 12.3 Å². The standard InChI is InChI=1S/C22H31N3O2/c1-2-3-15-27-20-16-19(21(26)17-11-7-4-5-8-12-17)22(23)24-25(20)18-13-9-6-10-14-18/h6,9-10,13-14,16-17,19H,2-5,7-8,11-12,15H2,1H3,(H2,23,24). The number of unbranched alkanes of at least 4 members (excludes halogenated alkanes) is 1. The van der Waals surface area contributed by atoms with E-state index >= 15 is 0 Å². The van der Waals surface area contributed by atoms with E-state index in [-0.39, 0.29) is 11.7 Å². The number of hydrazone groups is 1. The third-order valence-corrected chi connectivity index (χ3v) is 5.36. The summed E-state index contributed by atoms with van der Waals surface area (Å²) in [5.74, 6) is 0.765. The number of para-hydroxylation sites is 1. The lowest BCUT2D eigenvalue weighted by molar-refractivity contribution is -0.124. The number of nitrogens with zero attached hydrogens (tertiary/aromatic N) is 2. The average Bonchev–Trinajstić information content (AvgIpc) is 2.98. The average molecular weight is 370 g/mol. The van der Waals surface area contributed by atoms with Gasteiger partial charge in [-0.3, -0.25) is 4.79 Å². The molecule has 1 saturated carbocycles. The number of hydrogen-bond acceptors (Lipinski definition) is 5. The summed E-state index contributed by atoms with van der Waals surface area (Å²) < 4.78 is 6.00. The Morgan fingerprint density at radius 1 is 1.19 bits per heavy atom. The fourth-order valence-electron chi connectivity index (χ4n) is 3.76. The van der Waals surface area contributed by atoms with Crippen LogP contribution in [0.5, 0.6) is 0 Å². The summed E-state index contributed by atoms with van der Waals surface area (Å²) in [5.41, 5.74) is 7.14. The lowest BCUT2D eigenvalue weighted by Crippen LogP contribution is -2.40. The molecule has 27 heavy (non-hydrogen) atoms. The molecule has 0 bridgehead atoms. The molecule has 0 aromatic heterocycles. The fraction of sp³-hybridized carbons (Fsp3) is 0.545. The van der Waals surface area contributed by atoms with Gasteiger partial charge < -0.3 is 10.5 Å². The Bertz CT molecular complexity index is 676. The van der Waals surface area contributed by atoms with Gasteiger partial charge in [0.25, 0.3) is 0 Å². The van der Waals surface area contributed by atoms with Gasteiger partial charge in [0.1, 0.15) is 11.8 Å². The lowest BCUT2D eigenvalue weighted by atomic mass is 9.86. The summed E-state index contributed by atoms with van der Waals surface area (Å²) in [4.78, 5) is 13.2. The van der Waals surface area contributed by atoms with Crippen LogP contribution in [-0.2, 0) is 9.53 Å². The van der Waals surface area contributed by atoms with Gasteiger partial charge in [-0.05, 0) is 37.5 Å². The van der Waals surface area contributed by atoms with Crippen LogP contribution in [0.1, 0.15) is 58.3 Å². The smallest absolute Gasteiger partial charge is 0.212 e. The van der Waals surface area contributed by atoms with Crippen molar-refractivity contribution >= 4 is 17.3 Å². The SMILES string of the molecule is CCCCOC1=CC(C(=O)C2CCCCCC2)C(N)=NN1c1ccccc1. The molecule has 1 aliphatic heterocycles. The number of Topliss-reactive ketones (excluding diaryl/α,β-unsaturated/α-hetero) is 1. The molecule has 1 aromatic rings. The first-order valence-electron chi connectivity index (χ1n) is 10.3. The highest BCUT2D eigenvalue weighted by Crippen LogP contribution is 2.30. The highest BCUT2D eigenvalue weighted by Gasteiger charge is 2.33. The van der Waals surface area contributed by atoms with Crippen LogP contribution < -0.4 is 10.7 Å². The Morgan fingerprint density at radius 3 is 2.56 bits per heavy atom. The summed E-state index contributed by atoms with van der Waals surface area (Å²) >= 11 is 0. The monoisotopic (exact) mass is 369 g/mol. The van der Waals surface area contributed by atoms with E-state index in [1.807, 2.05) is 36.4 Å². The molecule has 2 N–H and O–H groups in total. The Hall–Kier alpha value is -2.30. The van der Waals surface area contributed by atoms with E-state index < -0.39 is 5.92 Å². The molecule has 0 radical (unpaired) electrons. The first kappa shape index (κ1) is 19.5. The predicted molar refractivity (Wildman–Crippen MR) is 109 cm³/mol. The van der Waals surface area contributed by atoms with Crippen molar-refractivity contribution in [2.75, 3.05) is 11.6 Å². The second-order valence-corrected chi connectivity index (χ2v) is 7.45. The van der Waals surface area contributed by atoms with E-state index in [0.29, 0.717) is 18.3 Å². The molecule has 1 aliphatic carbocycles. The number of ketones is 1. The molecule has 1 heterocycles. The molecule has 5 heteroatoms. The predicted octanol–water partition coefficient (Wildman–Crippen LogP) is 4.59. The molecule has 1 atom stereocenters. The van der Waals surface area contributed by atoms with Crippen LogP contribution in [0.25, 0.3) is 0 Å². The van der Waals surface area contributed by atoms with Crippen molar-refractivity contribution in [1.82, 2.24) is 0 Å². The maximum absolute atomic E-state index is 13.2. The Labute approximate surface area is 162 Å². The quantitative estimate of drug-likeness (QED) is 0.564. The zero-order valence-corrected chi connectivity index (χ0v) is 16.3. The first-order chi connectivity index (χ1) is 13.2. The van der Waals surface area contributed by atoms with Gasteiger partial charge in [0.2, 0.25) is 5.88 Å². The minimum atomic E-state index is -0.482. The highest BCUT2D eigenvalue weighted by atomic mass is 16.5. The summed E-state index contributed by atoms with van der Waals surface area (Å²) in [6.45, 7) is 2.73. The number of hydrogen-bond donors (Lipinski definition) is 1. The molecule has 0 spiro atoms. The van der Waals surface area contributed by atoms with E-state index in [1.165, 1.54) is 12.8 Å². The molecule has 5 nitrogen and oxygen atoms in total. The Morgan fingerprint density at radius 2 is 1.89 bits per heavy atom.